The third-order valence-electron chi connectivity index (χ3n) is 3.04. The minimum absolute atomic E-state index is 0.117. The highest BCUT2D eigenvalue weighted by Gasteiger charge is 2.31. The zero-order chi connectivity index (χ0) is 10.6. The summed E-state index contributed by atoms with van der Waals surface area (Å²) < 4.78 is 0. The lowest BCUT2D eigenvalue weighted by atomic mass is 9.95. The number of hydrogen-bond donors (Lipinski definition) is 2. The summed E-state index contributed by atoms with van der Waals surface area (Å²) >= 11 is 0. The first-order chi connectivity index (χ1) is 5.87. The van der Waals surface area contributed by atoms with Crippen molar-refractivity contribution in [2.45, 2.75) is 32.4 Å². The van der Waals surface area contributed by atoms with Crippen molar-refractivity contribution in [2.75, 3.05) is 28.2 Å². The predicted molar refractivity (Wildman–Crippen MR) is 57.2 cm³/mol. The van der Waals surface area contributed by atoms with Gasteiger partial charge in [-0.1, -0.05) is 0 Å². The van der Waals surface area contributed by atoms with E-state index in [0.717, 1.165) is 0 Å². The lowest BCUT2D eigenvalue weighted by Gasteiger charge is -2.43. The monoisotopic (exact) mass is 188 g/mol. The van der Waals surface area contributed by atoms with Crippen LogP contribution < -0.4 is 10.9 Å². The smallest absolute Gasteiger partial charge is 0.0549 e. The Bertz CT molecular complexity index is 141. The van der Waals surface area contributed by atoms with Crippen molar-refractivity contribution in [3.8, 4) is 0 Å². The quantitative estimate of drug-likeness (QED) is 0.607. The molecule has 0 aliphatic heterocycles. The lowest BCUT2D eigenvalue weighted by molar-refractivity contribution is 0.00141. The molecule has 80 valence electrons. The molecule has 0 aromatic heterocycles. The average molecular weight is 188 g/mol. The Kier molecular flexibility index (Phi) is 4.85. The molecule has 2 N–H and O–H groups in total. The third-order valence-corrected chi connectivity index (χ3v) is 3.04. The van der Waals surface area contributed by atoms with E-state index in [1.165, 1.54) is 0 Å². The molecule has 1 unspecified atom stereocenters. The van der Waals surface area contributed by atoms with Crippen LogP contribution in [0.1, 0.15) is 20.8 Å². The van der Waals surface area contributed by atoms with E-state index in [2.05, 4.69) is 50.6 Å². The van der Waals surface area contributed by atoms with E-state index in [1.807, 2.05) is 19.2 Å². The molecule has 1 atom stereocenters. The van der Waals surface area contributed by atoms with Crippen LogP contribution in [-0.4, -0.2) is 49.8 Å². The molecule has 0 aliphatic carbocycles. The molecular weight excluding hydrogens is 164 g/mol. The predicted octanol–water partition coefficient (Wildman–Crippen LogP) is 0.286. The molecular formula is C9H24N4. The van der Waals surface area contributed by atoms with Crippen LogP contribution in [-0.2, 0) is 0 Å². The van der Waals surface area contributed by atoms with Gasteiger partial charge in [-0.2, -0.15) is 5.12 Å². The number of nitrogens with zero attached hydrogens (tertiary/aromatic N) is 2. The van der Waals surface area contributed by atoms with E-state index in [9.17, 15) is 0 Å². The number of hydrazine groups is 2. The van der Waals surface area contributed by atoms with Gasteiger partial charge >= 0.3 is 0 Å². The van der Waals surface area contributed by atoms with Gasteiger partial charge in [0.25, 0.3) is 0 Å². The minimum Gasteiger partial charge on any atom is -0.303 e. The van der Waals surface area contributed by atoms with Crippen molar-refractivity contribution >= 4 is 0 Å². The summed E-state index contributed by atoms with van der Waals surface area (Å²) in [5.74, 6) is 0. The highest BCUT2D eigenvalue weighted by molar-refractivity contribution is 4.87. The summed E-state index contributed by atoms with van der Waals surface area (Å²) in [6.45, 7) is 6.63. The number of likely N-dealkylation sites (N-methyl/N-ethyl adjacent to an activating group) is 1. The normalized spacial score (nSPS) is 15.5. The molecule has 0 aromatic rings. The van der Waals surface area contributed by atoms with Gasteiger partial charge in [-0.3, -0.25) is 0 Å². The van der Waals surface area contributed by atoms with Gasteiger partial charge in [-0.25, -0.2) is 10.9 Å². The first-order valence-corrected chi connectivity index (χ1v) is 4.69. The lowest BCUT2D eigenvalue weighted by Crippen LogP contribution is -2.61. The Labute approximate surface area is 82.2 Å². The zero-order valence-electron chi connectivity index (χ0n) is 9.97. The van der Waals surface area contributed by atoms with Crippen molar-refractivity contribution in [2.24, 2.45) is 0 Å². The van der Waals surface area contributed by atoms with Gasteiger partial charge in [-0.05, 0) is 34.9 Å². The molecule has 0 saturated carbocycles. The van der Waals surface area contributed by atoms with Crippen LogP contribution in [0.15, 0.2) is 0 Å². The van der Waals surface area contributed by atoms with Crippen LogP contribution >= 0.6 is 0 Å². The fraction of sp³-hybridized carbons (Fsp3) is 1.00. The SMILES string of the molecule is CNN(NC)C(C)C(C)(C)N(C)C. The number of hydrogen-bond acceptors (Lipinski definition) is 4. The molecule has 0 heterocycles. The summed E-state index contributed by atoms with van der Waals surface area (Å²) in [7, 11) is 8.03. The van der Waals surface area contributed by atoms with Crippen LogP contribution in [0.25, 0.3) is 0 Å². The van der Waals surface area contributed by atoms with E-state index in [1.54, 1.807) is 0 Å². The van der Waals surface area contributed by atoms with Crippen LogP contribution in [0, 0.1) is 0 Å². The maximum atomic E-state index is 3.11. The van der Waals surface area contributed by atoms with Gasteiger partial charge in [0.1, 0.15) is 0 Å². The second-order valence-corrected chi connectivity index (χ2v) is 4.04. The molecule has 0 saturated heterocycles. The van der Waals surface area contributed by atoms with Gasteiger partial charge in [0.15, 0.2) is 0 Å². The Balaban J connectivity index is 4.45. The van der Waals surface area contributed by atoms with Gasteiger partial charge in [0.2, 0.25) is 0 Å². The second kappa shape index (κ2) is 4.91. The van der Waals surface area contributed by atoms with Crippen molar-refractivity contribution in [3.63, 3.8) is 0 Å². The van der Waals surface area contributed by atoms with Crippen molar-refractivity contribution in [1.82, 2.24) is 20.9 Å². The Morgan fingerprint density at radius 3 is 1.69 bits per heavy atom. The summed E-state index contributed by atoms with van der Waals surface area (Å²) in [6.07, 6.45) is 0. The molecule has 4 heteroatoms. The van der Waals surface area contributed by atoms with Crippen LogP contribution in [0.2, 0.25) is 0 Å². The largest absolute Gasteiger partial charge is 0.303 e. The van der Waals surface area contributed by atoms with Crippen molar-refractivity contribution < 1.29 is 0 Å². The third kappa shape index (κ3) is 2.91. The van der Waals surface area contributed by atoms with Gasteiger partial charge in [-0.15, -0.1) is 0 Å². The summed E-state index contributed by atoms with van der Waals surface area (Å²) in [5, 5.41) is 2.00. The van der Waals surface area contributed by atoms with Crippen molar-refractivity contribution in [3.05, 3.63) is 0 Å². The molecule has 0 rings (SSSR count). The van der Waals surface area contributed by atoms with Crippen LogP contribution in [0.3, 0.4) is 0 Å². The van der Waals surface area contributed by atoms with Crippen LogP contribution in [0.4, 0.5) is 0 Å². The first kappa shape index (κ1) is 12.8. The molecule has 4 nitrogen and oxygen atoms in total. The fourth-order valence-corrected chi connectivity index (χ4v) is 1.19. The van der Waals surface area contributed by atoms with E-state index in [4.69, 9.17) is 0 Å². The van der Waals surface area contributed by atoms with Crippen molar-refractivity contribution in [1.29, 1.82) is 0 Å². The fourth-order valence-electron chi connectivity index (χ4n) is 1.19. The van der Waals surface area contributed by atoms with Crippen LogP contribution in [0.5, 0.6) is 0 Å². The highest BCUT2D eigenvalue weighted by atomic mass is 15.7. The molecule has 0 amide bonds. The zero-order valence-corrected chi connectivity index (χ0v) is 9.97. The summed E-state index contributed by atoms with van der Waals surface area (Å²) in [5.41, 5.74) is 6.33. The standard InChI is InChI=1S/C9H24N4/c1-8(13(10-4)11-5)9(2,3)12(6)7/h8,10-11H,1-7H3. The summed E-state index contributed by atoms with van der Waals surface area (Å²) in [4.78, 5) is 2.22. The maximum Gasteiger partial charge on any atom is 0.0549 e. The number of nitrogens with one attached hydrogen (secondary N) is 2. The van der Waals surface area contributed by atoms with Gasteiger partial charge < -0.3 is 4.90 Å². The summed E-state index contributed by atoms with van der Waals surface area (Å²) in [6, 6.07) is 0.373. The Morgan fingerprint density at radius 2 is 1.46 bits per heavy atom. The molecule has 0 spiro atoms. The molecule has 0 bridgehead atoms. The second-order valence-electron chi connectivity index (χ2n) is 4.04. The highest BCUT2D eigenvalue weighted by Crippen LogP contribution is 2.18. The van der Waals surface area contributed by atoms with E-state index in [0.29, 0.717) is 6.04 Å². The topological polar surface area (TPSA) is 30.5 Å². The average Bonchev–Trinajstić information content (AvgIpc) is 2.06. The van der Waals surface area contributed by atoms with E-state index in [-0.39, 0.29) is 5.54 Å². The Hall–Kier alpha value is -0.160. The molecule has 13 heavy (non-hydrogen) atoms. The Morgan fingerprint density at radius 1 is 1.08 bits per heavy atom. The molecule has 0 aliphatic rings. The maximum absolute atomic E-state index is 3.11. The van der Waals surface area contributed by atoms with E-state index < -0.39 is 0 Å². The van der Waals surface area contributed by atoms with E-state index >= 15 is 0 Å². The van der Waals surface area contributed by atoms with Gasteiger partial charge in [0.05, 0.1) is 6.04 Å². The molecule has 0 radical (unpaired) electrons. The minimum atomic E-state index is 0.117. The first-order valence-electron chi connectivity index (χ1n) is 4.69. The number of rotatable bonds is 5. The molecule has 0 aromatic carbocycles. The molecule has 0 fully saturated rings. The van der Waals surface area contributed by atoms with Gasteiger partial charge in [0, 0.05) is 19.6 Å².